The van der Waals surface area contributed by atoms with Crippen molar-refractivity contribution in [3.05, 3.63) is 95.4 Å². The zero-order chi connectivity index (χ0) is 20.3. The second kappa shape index (κ2) is 12.8. The number of guanidine groups is 1. The fourth-order valence-corrected chi connectivity index (χ4v) is 2.83. The van der Waals surface area contributed by atoms with Gasteiger partial charge < -0.3 is 15.4 Å². The third-order valence-corrected chi connectivity index (χ3v) is 4.38. The van der Waals surface area contributed by atoms with E-state index in [1.807, 2.05) is 48.5 Å². The normalized spacial score (nSPS) is 10.8. The molecule has 7 heteroatoms. The first-order valence-electron chi connectivity index (χ1n) is 9.55. The lowest BCUT2D eigenvalue weighted by atomic mass is 10.1. The fourth-order valence-electron chi connectivity index (χ4n) is 2.83. The van der Waals surface area contributed by atoms with Crippen LogP contribution in [-0.4, -0.2) is 24.5 Å². The molecular formula is C23H26FIN4O. The number of hydrogen-bond acceptors (Lipinski definition) is 3. The first kappa shape index (κ1) is 23.6. The quantitative estimate of drug-likeness (QED) is 0.264. The predicted molar refractivity (Wildman–Crippen MR) is 129 cm³/mol. The Labute approximate surface area is 193 Å². The molecule has 1 heterocycles. The SMILES string of the molecule is CN=C(NCCc1ccccc1F)NCc1cccnc1OCc1ccccc1.I. The predicted octanol–water partition coefficient (Wildman–Crippen LogP) is 4.33. The Morgan fingerprint density at radius 1 is 0.967 bits per heavy atom. The van der Waals surface area contributed by atoms with Crippen LogP contribution in [0.25, 0.3) is 0 Å². The molecule has 1 aromatic heterocycles. The molecule has 0 saturated carbocycles. The Balaban J connectivity index is 0.00000320. The third kappa shape index (κ3) is 7.29. The number of halogens is 2. The Hall–Kier alpha value is -2.68. The average molecular weight is 520 g/mol. The van der Waals surface area contributed by atoms with E-state index in [0.717, 1.165) is 11.1 Å². The second-order valence-electron chi connectivity index (χ2n) is 6.44. The summed E-state index contributed by atoms with van der Waals surface area (Å²) >= 11 is 0. The van der Waals surface area contributed by atoms with Gasteiger partial charge in [-0.3, -0.25) is 4.99 Å². The molecule has 0 aliphatic rings. The van der Waals surface area contributed by atoms with Crippen molar-refractivity contribution < 1.29 is 9.13 Å². The fraction of sp³-hybridized carbons (Fsp3) is 0.217. The highest BCUT2D eigenvalue weighted by atomic mass is 127. The zero-order valence-corrected chi connectivity index (χ0v) is 19.2. The molecule has 158 valence electrons. The van der Waals surface area contributed by atoms with E-state index in [-0.39, 0.29) is 29.8 Å². The number of rotatable bonds is 8. The maximum absolute atomic E-state index is 13.7. The van der Waals surface area contributed by atoms with Crippen LogP contribution in [0.3, 0.4) is 0 Å². The number of aliphatic imine (C=N–C) groups is 1. The van der Waals surface area contributed by atoms with Crippen molar-refractivity contribution in [3.8, 4) is 5.88 Å². The van der Waals surface area contributed by atoms with E-state index < -0.39 is 0 Å². The van der Waals surface area contributed by atoms with E-state index in [2.05, 4.69) is 20.6 Å². The molecule has 30 heavy (non-hydrogen) atoms. The summed E-state index contributed by atoms with van der Waals surface area (Å²) < 4.78 is 19.6. The van der Waals surface area contributed by atoms with Gasteiger partial charge in [-0.15, -0.1) is 24.0 Å². The highest BCUT2D eigenvalue weighted by Gasteiger charge is 2.07. The summed E-state index contributed by atoms with van der Waals surface area (Å²) in [6, 6.07) is 20.6. The molecule has 3 aromatic rings. The summed E-state index contributed by atoms with van der Waals surface area (Å²) in [6.45, 7) is 1.54. The second-order valence-corrected chi connectivity index (χ2v) is 6.44. The minimum atomic E-state index is -0.187. The molecule has 0 unspecified atom stereocenters. The van der Waals surface area contributed by atoms with Gasteiger partial charge in [0.15, 0.2) is 5.96 Å². The molecule has 2 N–H and O–H groups in total. The molecule has 0 atom stereocenters. The maximum atomic E-state index is 13.7. The number of pyridine rings is 1. The van der Waals surface area contributed by atoms with Crippen molar-refractivity contribution in [2.24, 2.45) is 4.99 Å². The van der Waals surface area contributed by atoms with E-state index in [1.54, 1.807) is 25.4 Å². The first-order valence-corrected chi connectivity index (χ1v) is 9.55. The average Bonchev–Trinajstić information content (AvgIpc) is 2.77. The lowest BCUT2D eigenvalue weighted by Gasteiger charge is -2.14. The van der Waals surface area contributed by atoms with Crippen LogP contribution in [0, 0.1) is 5.82 Å². The smallest absolute Gasteiger partial charge is 0.218 e. The van der Waals surface area contributed by atoms with E-state index in [9.17, 15) is 4.39 Å². The van der Waals surface area contributed by atoms with Crippen molar-refractivity contribution in [2.75, 3.05) is 13.6 Å². The zero-order valence-electron chi connectivity index (χ0n) is 16.8. The van der Waals surface area contributed by atoms with Crippen LogP contribution in [0.15, 0.2) is 77.9 Å². The van der Waals surface area contributed by atoms with E-state index in [1.165, 1.54) is 6.07 Å². The van der Waals surface area contributed by atoms with E-state index in [0.29, 0.717) is 43.5 Å². The molecule has 0 aliphatic carbocycles. The highest BCUT2D eigenvalue weighted by molar-refractivity contribution is 14.0. The molecule has 0 bridgehead atoms. The van der Waals surface area contributed by atoms with Gasteiger partial charge in [-0.05, 0) is 29.7 Å². The molecule has 5 nitrogen and oxygen atoms in total. The monoisotopic (exact) mass is 520 g/mol. The Kier molecular flexibility index (Phi) is 10.1. The minimum absolute atomic E-state index is 0. The number of nitrogens with zero attached hydrogens (tertiary/aromatic N) is 2. The summed E-state index contributed by atoms with van der Waals surface area (Å²) in [7, 11) is 1.70. The lowest BCUT2D eigenvalue weighted by Crippen LogP contribution is -2.38. The summed E-state index contributed by atoms with van der Waals surface area (Å²) in [5.41, 5.74) is 2.70. The van der Waals surface area contributed by atoms with Gasteiger partial charge in [0, 0.05) is 31.9 Å². The number of nitrogens with one attached hydrogen (secondary N) is 2. The van der Waals surface area contributed by atoms with Gasteiger partial charge in [-0.25, -0.2) is 9.37 Å². The topological polar surface area (TPSA) is 58.5 Å². The van der Waals surface area contributed by atoms with E-state index in [4.69, 9.17) is 4.74 Å². The van der Waals surface area contributed by atoms with Gasteiger partial charge in [-0.2, -0.15) is 0 Å². The van der Waals surface area contributed by atoms with E-state index >= 15 is 0 Å². The van der Waals surface area contributed by atoms with Crippen LogP contribution < -0.4 is 15.4 Å². The van der Waals surface area contributed by atoms with Crippen molar-refractivity contribution >= 4 is 29.9 Å². The number of aromatic nitrogens is 1. The van der Waals surface area contributed by atoms with Gasteiger partial charge in [0.05, 0.1) is 0 Å². The van der Waals surface area contributed by atoms with Crippen LogP contribution in [0.4, 0.5) is 4.39 Å². The van der Waals surface area contributed by atoms with Crippen molar-refractivity contribution in [1.82, 2.24) is 15.6 Å². The van der Waals surface area contributed by atoms with Gasteiger partial charge in [0.2, 0.25) is 5.88 Å². The number of ether oxygens (including phenoxy) is 1. The lowest BCUT2D eigenvalue weighted by molar-refractivity contribution is 0.290. The van der Waals surface area contributed by atoms with Crippen molar-refractivity contribution in [1.29, 1.82) is 0 Å². The highest BCUT2D eigenvalue weighted by Crippen LogP contribution is 2.16. The van der Waals surface area contributed by atoms with Crippen LogP contribution in [0.2, 0.25) is 0 Å². The van der Waals surface area contributed by atoms with Gasteiger partial charge in [-0.1, -0.05) is 54.6 Å². The number of benzene rings is 2. The molecule has 0 aliphatic heterocycles. The van der Waals surface area contributed by atoms with Gasteiger partial charge >= 0.3 is 0 Å². The van der Waals surface area contributed by atoms with Crippen molar-refractivity contribution in [3.63, 3.8) is 0 Å². The molecule has 0 amide bonds. The third-order valence-electron chi connectivity index (χ3n) is 4.38. The number of hydrogen-bond donors (Lipinski definition) is 2. The standard InChI is InChI=1S/C23H25FN4O.HI/c1-25-23(27-15-13-19-10-5-6-12-21(19)24)28-16-20-11-7-14-26-22(20)29-17-18-8-3-2-4-9-18;/h2-12,14H,13,15-17H2,1H3,(H2,25,27,28);1H. The molecule has 3 rings (SSSR count). The Morgan fingerprint density at radius 2 is 1.70 bits per heavy atom. The summed E-state index contributed by atoms with van der Waals surface area (Å²) in [4.78, 5) is 8.56. The molecular weight excluding hydrogens is 494 g/mol. The maximum Gasteiger partial charge on any atom is 0.218 e. The summed E-state index contributed by atoms with van der Waals surface area (Å²) in [6.07, 6.45) is 2.29. The molecule has 0 saturated heterocycles. The summed E-state index contributed by atoms with van der Waals surface area (Å²) in [5, 5.41) is 6.45. The molecule has 0 radical (unpaired) electrons. The van der Waals surface area contributed by atoms with Crippen molar-refractivity contribution in [2.45, 2.75) is 19.6 Å². The van der Waals surface area contributed by atoms with Crippen LogP contribution >= 0.6 is 24.0 Å². The summed E-state index contributed by atoms with van der Waals surface area (Å²) in [5.74, 6) is 1.04. The molecule has 0 fully saturated rings. The molecule has 0 spiro atoms. The Morgan fingerprint density at radius 3 is 2.47 bits per heavy atom. The minimum Gasteiger partial charge on any atom is -0.473 e. The van der Waals surface area contributed by atoms with Crippen LogP contribution in [0.5, 0.6) is 5.88 Å². The molecule has 2 aromatic carbocycles. The first-order chi connectivity index (χ1) is 14.3. The van der Waals surface area contributed by atoms with Crippen LogP contribution in [0.1, 0.15) is 16.7 Å². The van der Waals surface area contributed by atoms with Gasteiger partial charge in [0.1, 0.15) is 12.4 Å². The van der Waals surface area contributed by atoms with Gasteiger partial charge in [0.25, 0.3) is 0 Å². The van der Waals surface area contributed by atoms with Crippen LogP contribution in [-0.2, 0) is 19.6 Å². The largest absolute Gasteiger partial charge is 0.473 e. The Bertz CT molecular complexity index is 937.